The van der Waals surface area contributed by atoms with Gasteiger partial charge >= 0.3 is 5.97 Å². The Bertz CT molecular complexity index is 291. The molecule has 0 radical (unpaired) electrons. The molecule has 90 valence electrons. The fraction of sp³-hybridized carbons (Fsp3) is 0.636. The molecule has 2 unspecified atom stereocenters. The third-order valence-electron chi connectivity index (χ3n) is 2.82. The van der Waals surface area contributed by atoms with Crippen molar-refractivity contribution in [2.24, 2.45) is 11.8 Å². The van der Waals surface area contributed by atoms with Gasteiger partial charge in [-0.2, -0.15) is 0 Å². The first-order valence-corrected chi connectivity index (χ1v) is 5.37. The molecule has 5 heteroatoms. The van der Waals surface area contributed by atoms with Gasteiger partial charge in [0.2, 0.25) is 5.91 Å². The number of amides is 1. The van der Waals surface area contributed by atoms with Crippen LogP contribution in [0, 0.1) is 11.8 Å². The molecule has 16 heavy (non-hydrogen) atoms. The summed E-state index contributed by atoms with van der Waals surface area (Å²) in [6.45, 7) is 7.25. The van der Waals surface area contributed by atoms with E-state index in [9.17, 15) is 9.59 Å². The number of hydrogen-bond donors (Lipinski definition) is 2. The summed E-state index contributed by atoms with van der Waals surface area (Å²) in [4.78, 5) is 24.1. The van der Waals surface area contributed by atoms with E-state index in [1.165, 1.54) is 0 Å². The van der Waals surface area contributed by atoms with Gasteiger partial charge in [-0.15, -0.1) is 6.58 Å². The Morgan fingerprint density at radius 3 is 2.75 bits per heavy atom. The maximum atomic E-state index is 11.4. The van der Waals surface area contributed by atoms with Gasteiger partial charge in [-0.05, 0) is 5.92 Å². The maximum absolute atomic E-state index is 11.4. The van der Waals surface area contributed by atoms with E-state index in [1.54, 1.807) is 6.08 Å². The van der Waals surface area contributed by atoms with Crippen molar-refractivity contribution >= 4 is 11.9 Å². The molecule has 1 fully saturated rings. The van der Waals surface area contributed by atoms with Crippen LogP contribution in [0.15, 0.2) is 12.7 Å². The van der Waals surface area contributed by atoms with Gasteiger partial charge in [0.1, 0.15) is 0 Å². The lowest BCUT2D eigenvalue weighted by molar-refractivity contribution is -0.142. The van der Waals surface area contributed by atoms with E-state index >= 15 is 0 Å². The molecule has 1 aliphatic heterocycles. The quantitative estimate of drug-likeness (QED) is 0.644. The lowest BCUT2D eigenvalue weighted by Gasteiger charge is -2.14. The Kier molecular flexibility index (Phi) is 4.49. The first-order valence-electron chi connectivity index (χ1n) is 5.37. The van der Waals surface area contributed by atoms with Crippen LogP contribution in [-0.2, 0) is 9.59 Å². The molecule has 1 heterocycles. The Labute approximate surface area is 95.1 Å². The lowest BCUT2D eigenvalue weighted by Crippen LogP contribution is -2.36. The molecule has 5 nitrogen and oxygen atoms in total. The molecule has 1 aliphatic rings. The molecule has 0 aromatic heterocycles. The lowest BCUT2D eigenvalue weighted by atomic mass is 9.99. The van der Waals surface area contributed by atoms with Gasteiger partial charge in [-0.25, -0.2) is 0 Å². The second-order valence-electron chi connectivity index (χ2n) is 4.21. The van der Waals surface area contributed by atoms with Crippen molar-refractivity contribution in [2.45, 2.75) is 6.92 Å². The number of nitrogens with one attached hydrogen (secondary N) is 1. The zero-order valence-corrected chi connectivity index (χ0v) is 9.48. The van der Waals surface area contributed by atoms with Crippen molar-refractivity contribution in [3.05, 3.63) is 12.7 Å². The van der Waals surface area contributed by atoms with Crippen molar-refractivity contribution in [1.29, 1.82) is 0 Å². The summed E-state index contributed by atoms with van der Waals surface area (Å²) in [5.41, 5.74) is 0. The zero-order valence-electron chi connectivity index (χ0n) is 9.48. The van der Waals surface area contributed by atoms with Crippen molar-refractivity contribution < 1.29 is 14.7 Å². The van der Waals surface area contributed by atoms with E-state index in [2.05, 4.69) is 11.9 Å². The molecule has 0 aromatic carbocycles. The summed E-state index contributed by atoms with van der Waals surface area (Å²) >= 11 is 0. The van der Waals surface area contributed by atoms with Gasteiger partial charge in [0.25, 0.3) is 0 Å². The fourth-order valence-corrected chi connectivity index (χ4v) is 1.96. The molecule has 1 saturated heterocycles. The van der Waals surface area contributed by atoms with Crippen molar-refractivity contribution in [3.63, 3.8) is 0 Å². The predicted octanol–water partition coefficient (Wildman–Crippen LogP) is -0.0589. The average molecular weight is 226 g/mol. The van der Waals surface area contributed by atoms with Gasteiger partial charge in [0, 0.05) is 19.6 Å². The molecule has 2 N–H and O–H groups in total. The van der Waals surface area contributed by atoms with Crippen LogP contribution in [0.2, 0.25) is 0 Å². The van der Waals surface area contributed by atoms with Gasteiger partial charge < -0.3 is 10.4 Å². The second kappa shape index (κ2) is 5.65. The van der Waals surface area contributed by atoms with Crippen molar-refractivity contribution in [2.75, 3.05) is 26.2 Å². The smallest absolute Gasteiger partial charge is 0.308 e. The van der Waals surface area contributed by atoms with Gasteiger partial charge in [-0.1, -0.05) is 13.0 Å². The van der Waals surface area contributed by atoms with E-state index in [0.29, 0.717) is 19.6 Å². The molecular formula is C11H18N2O3. The summed E-state index contributed by atoms with van der Waals surface area (Å²) in [5.74, 6) is -1.11. The van der Waals surface area contributed by atoms with Crippen LogP contribution in [0.4, 0.5) is 0 Å². The summed E-state index contributed by atoms with van der Waals surface area (Å²) in [5, 5.41) is 11.6. The molecule has 0 bridgehead atoms. The van der Waals surface area contributed by atoms with Crippen LogP contribution < -0.4 is 5.32 Å². The van der Waals surface area contributed by atoms with E-state index in [4.69, 9.17) is 5.11 Å². The normalized spacial score (nSPS) is 25.3. The fourth-order valence-electron chi connectivity index (χ4n) is 1.96. The summed E-state index contributed by atoms with van der Waals surface area (Å²) in [7, 11) is 0. The van der Waals surface area contributed by atoms with Gasteiger partial charge in [0.15, 0.2) is 0 Å². The number of carbonyl (C=O) groups excluding carboxylic acids is 1. The van der Waals surface area contributed by atoms with Crippen molar-refractivity contribution in [3.8, 4) is 0 Å². The van der Waals surface area contributed by atoms with Gasteiger partial charge in [-0.3, -0.25) is 14.5 Å². The first kappa shape index (κ1) is 12.7. The van der Waals surface area contributed by atoms with Crippen LogP contribution in [0.25, 0.3) is 0 Å². The number of likely N-dealkylation sites (tertiary alicyclic amines) is 1. The second-order valence-corrected chi connectivity index (χ2v) is 4.21. The van der Waals surface area contributed by atoms with E-state index in [0.717, 1.165) is 0 Å². The number of rotatable bonds is 5. The van der Waals surface area contributed by atoms with Crippen molar-refractivity contribution in [1.82, 2.24) is 10.2 Å². The number of nitrogens with zero attached hydrogens (tertiary/aromatic N) is 1. The van der Waals surface area contributed by atoms with Gasteiger partial charge in [0.05, 0.1) is 12.5 Å². The molecule has 1 rings (SSSR count). The molecule has 0 aliphatic carbocycles. The topological polar surface area (TPSA) is 69.6 Å². The number of carbonyl (C=O) groups is 2. The largest absolute Gasteiger partial charge is 0.481 e. The number of aliphatic carboxylic acids is 1. The highest BCUT2D eigenvalue weighted by molar-refractivity contribution is 5.78. The van der Waals surface area contributed by atoms with Crippen LogP contribution >= 0.6 is 0 Å². The van der Waals surface area contributed by atoms with Crippen LogP contribution in [0.1, 0.15) is 6.92 Å². The molecule has 1 amide bonds. The third kappa shape index (κ3) is 3.34. The molecule has 2 atom stereocenters. The minimum atomic E-state index is -0.776. The van der Waals surface area contributed by atoms with E-state index in [-0.39, 0.29) is 24.3 Å². The summed E-state index contributed by atoms with van der Waals surface area (Å²) in [6, 6.07) is 0. The number of carboxylic acid groups (broad SMARTS) is 1. The minimum absolute atomic E-state index is 0.0851. The Morgan fingerprint density at radius 1 is 1.56 bits per heavy atom. The molecule has 0 spiro atoms. The van der Waals surface area contributed by atoms with E-state index in [1.807, 2.05) is 11.8 Å². The third-order valence-corrected chi connectivity index (χ3v) is 2.82. The molecular weight excluding hydrogens is 208 g/mol. The number of carboxylic acids is 1. The van der Waals surface area contributed by atoms with Crippen LogP contribution in [-0.4, -0.2) is 48.1 Å². The standard InChI is InChI=1S/C11H18N2O3/c1-3-4-12-10(14)7-13-5-8(2)9(6-13)11(15)16/h3,8-9H,1,4-7H2,2H3,(H,12,14)(H,15,16). The van der Waals surface area contributed by atoms with E-state index < -0.39 is 5.97 Å². The molecule has 0 saturated carbocycles. The monoisotopic (exact) mass is 226 g/mol. The first-order chi connectivity index (χ1) is 7.54. The predicted molar refractivity (Wildman–Crippen MR) is 59.9 cm³/mol. The minimum Gasteiger partial charge on any atom is -0.481 e. The SMILES string of the molecule is C=CCNC(=O)CN1CC(C)C(C(=O)O)C1. The molecule has 0 aromatic rings. The summed E-state index contributed by atoms with van der Waals surface area (Å²) < 4.78 is 0. The highest BCUT2D eigenvalue weighted by Crippen LogP contribution is 2.22. The zero-order chi connectivity index (χ0) is 12.1. The summed E-state index contributed by atoms with van der Waals surface area (Å²) in [6.07, 6.45) is 1.62. The highest BCUT2D eigenvalue weighted by Gasteiger charge is 2.35. The van der Waals surface area contributed by atoms with Crippen LogP contribution in [0.5, 0.6) is 0 Å². The average Bonchev–Trinajstić information content (AvgIpc) is 2.56. The highest BCUT2D eigenvalue weighted by atomic mass is 16.4. The maximum Gasteiger partial charge on any atom is 0.308 e. The van der Waals surface area contributed by atoms with Crippen LogP contribution in [0.3, 0.4) is 0 Å². The Morgan fingerprint density at radius 2 is 2.25 bits per heavy atom. The number of hydrogen-bond acceptors (Lipinski definition) is 3. The Hall–Kier alpha value is -1.36. The Balaban J connectivity index is 2.38.